The third-order valence-corrected chi connectivity index (χ3v) is 6.11. The zero-order valence-electron chi connectivity index (χ0n) is 19.1. The maximum atomic E-state index is 12.7. The first kappa shape index (κ1) is 22.9. The average molecular weight is 443 g/mol. The number of aromatic nitrogens is 4. The van der Waals surface area contributed by atoms with Crippen LogP contribution in [0.1, 0.15) is 59.0 Å². The second-order valence-electron chi connectivity index (χ2n) is 8.24. The highest BCUT2D eigenvalue weighted by Gasteiger charge is 2.20. The van der Waals surface area contributed by atoms with E-state index in [1.54, 1.807) is 6.20 Å². The van der Waals surface area contributed by atoms with Crippen LogP contribution in [0.5, 0.6) is 0 Å². The fraction of sp³-hybridized carbons (Fsp3) is 0.478. The monoisotopic (exact) mass is 442 g/mol. The number of Topliss-reactive ketones (excluding diaryl/α,β-unsaturated/α-hetero) is 1. The molecule has 3 aromatic heterocycles. The summed E-state index contributed by atoms with van der Waals surface area (Å²) in [5.74, 6) is -0.0850. The standard InChI is InChI=1S/C23H30N4O3S/c1-14(2)12-26-17(5)19(16(4)25-26)7-8-22(29)30-13-21(28)20-11-15(3)27(18(20)6)23-24-9-10-31-23/h9-11,14H,7-8,12-13H2,1-6H3. The predicted octanol–water partition coefficient (Wildman–Crippen LogP) is 4.38. The van der Waals surface area contributed by atoms with Crippen molar-refractivity contribution in [3.8, 4) is 5.13 Å². The van der Waals surface area contributed by atoms with Gasteiger partial charge < -0.3 is 4.74 Å². The summed E-state index contributed by atoms with van der Waals surface area (Å²) in [6.07, 6.45) is 2.51. The van der Waals surface area contributed by atoms with E-state index in [4.69, 9.17) is 4.74 Å². The van der Waals surface area contributed by atoms with Gasteiger partial charge in [0.2, 0.25) is 5.78 Å². The number of rotatable bonds is 9. The van der Waals surface area contributed by atoms with Crippen molar-refractivity contribution < 1.29 is 14.3 Å². The van der Waals surface area contributed by atoms with Crippen molar-refractivity contribution in [1.82, 2.24) is 19.3 Å². The number of hydrogen-bond acceptors (Lipinski definition) is 6. The number of carbonyl (C=O) groups is 2. The molecule has 0 aliphatic carbocycles. The molecule has 0 aromatic carbocycles. The van der Waals surface area contributed by atoms with Gasteiger partial charge in [0.05, 0.1) is 5.69 Å². The molecule has 0 aliphatic rings. The van der Waals surface area contributed by atoms with E-state index >= 15 is 0 Å². The molecule has 31 heavy (non-hydrogen) atoms. The Labute approximate surface area is 187 Å². The average Bonchev–Trinajstić information content (AvgIpc) is 3.38. The summed E-state index contributed by atoms with van der Waals surface area (Å²) in [7, 11) is 0. The van der Waals surface area contributed by atoms with Crippen molar-refractivity contribution >= 4 is 23.1 Å². The minimum Gasteiger partial charge on any atom is -0.457 e. The van der Waals surface area contributed by atoms with Crippen LogP contribution < -0.4 is 0 Å². The van der Waals surface area contributed by atoms with Crippen LogP contribution in [0.2, 0.25) is 0 Å². The van der Waals surface area contributed by atoms with Crippen LogP contribution in [-0.4, -0.2) is 37.7 Å². The number of nitrogens with zero attached hydrogens (tertiary/aromatic N) is 4. The fourth-order valence-corrected chi connectivity index (χ4v) is 4.56. The Morgan fingerprint density at radius 2 is 1.90 bits per heavy atom. The number of ketones is 1. The van der Waals surface area contributed by atoms with Gasteiger partial charge in [-0.15, -0.1) is 11.3 Å². The minimum absolute atomic E-state index is 0.207. The largest absolute Gasteiger partial charge is 0.457 e. The van der Waals surface area contributed by atoms with Crippen molar-refractivity contribution in [3.05, 3.63) is 51.5 Å². The molecular formula is C23H30N4O3S. The zero-order chi connectivity index (χ0) is 22.7. The van der Waals surface area contributed by atoms with Gasteiger partial charge in [0.1, 0.15) is 0 Å². The first-order valence-electron chi connectivity index (χ1n) is 10.5. The highest BCUT2D eigenvalue weighted by atomic mass is 32.1. The van der Waals surface area contributed by atoms with Gasteiger partial charge in [-0.1, -0.05) is 13.8 Å². The molecule has 0 saturated carbocycles. The van der Waals surface area contributed by atoms with E-state index in [1.165, 1.54) is 11.3 Å². The summed E-state index contributed by atoms with van der Waals surface area (Å²) in [5, 5.41) is 7.30. The van der Waals surface area contributed by atoms with E-state index in [0.717, 1.165) is 40.0 Å². The van der Waals surface area contributed by atoms with E-state index in [2.05, 4.69) is 23.9 Å². The normalized spacial score (nSPS) is 11.3. The quantitative estimate of drug-likeness (QED) is 0.363. The molecule has 0 amide bonds. The SMILES string of the molecule is Cc1nn(CC(C)C)c(C)c1CCC(=O)OCC(=O)c1cc(C)n(-c2nccs2)c1C. The molecule has 0 N–H and O–H groups in total. The lowest BCUT2D eigenvalue weighted by molar-refractivity contribution is -0.142. The maximum Gasteiger partial charge on any atom is 0.306 e. The van der Waals surface area contributed by atoms with Gasteiger partial charge in [0, 0.05) is 47.2 Å². The number of thiazole rings is 1. The Bertz CT molecular complexity index is 1080. The molecule has 166 valence electrons. The molecule has 3 heterocycles. The first-order chi connectivity index (χ1) is 14.7. The molecule has 0 unspecified atom stereocenters. The number of aryl methyl sites for hydroxylation is 2. The molecule has 3 rings (SSSR count). The van der Waals surface area contributed by atoms with Crippen LogP contribution in [0, 0.1) is 33.6 Å². The summed E-state index contributed by atoms with van der Waals surface area (Å²) >= 11 is 1.51. The smallest absolute Gasteiger partial charge is 0.306 e. The second kappa shape index (κ2) is 9.60. The van der Waals surface area contributed by atoms with Crippen LogP contribution in [0.3, 0.4) is 0 Å². The summed E-state index contributed by atoms with van der Waals surface area (Å²) in [6, 6.07) is 1.82. The summed E-state index contributed by atoms with van der Waals surface area (Å²) in [4.78, 5) is 29.3. The molecule has 0 spiro atoms. The lowest BCUT2D eigenvalue weighted by Gasteiger charge is -2.08. The number of ether oxygens (including phenoxy) is 1. The van der Waals surface area contributed by atoms with E-state index in [0.29, 0.717) is 17.9 Å². The van der Waals surface area contributed by atoms with Gasteiger partial charge in [-0.2, -0.15) is 5.10 Å². The molecule has 0 radical (unpaired) electrons. The van der Waals surface area contributed by atoms with Crippen LogP contribution in [0.4, 0.5) is 0 Å². The number of esters is 1. The third kappa shape index (κ3) is 5.12. The van der Waals surface area contributed by atoms with Crippen molar-refractivity contribution in [2.45, 2.75) is 60.9 Å². The zero-order valence-corrected chi connectivity index (χ0v) is 19.9. The fourth-order valence-electron chi connectivity index (χ4n) is 3.81. The first-order valence-corrected chi connectivity index (χ1v) is 11.4. The van der Waals surface area contributed by atoms with Crippen molar-refractivity contribution in [2.75, 3.05) is 6.61 Å². The van der Waals surface area contributed by atoms with Gasteiger partial charge in [0.15, 0.2) is 11.7 Å². The Morgan fingerprint density at radius 1 is 1.16 bits per heavy atom. The summed E-state index contributed by atoms with van der Waals surface area (Å²) in [6.45, 7) is 12.7. The highest BCUT2D eigenvalue weighted by molar-refractivity contribution is 7.12. The van der Waals surface area contributed by atoms with E-state index < -0.39 is 0 Å². The predicted molar refractivity (Wildman–Crippen MR) is 121 cm³/mol. The minimum atomic E-state index is -0.377. The molecular weight excluding hydrogens is 412 g/mol. The van der Waals surface area contributed by atoms with Gasteiger partial charge in [-0.05, 0) is 51.7 Å². The van der Waals surface area contributed by atoms with Crippen molar-refractivity contribution in [1.29, 1.82) is 0 Å². The number of hydrogen-bond donors (Lipinski definition) is 0. The maximum absolute atomic E-state index is 12.7. The topological polar surface area (TPSA) is 79.0 Å². The Morgan fingerprint density at radius 3 is 2.55 bits per heavy atom. The van der Waals surface area contributed by atoms with Gasteiger partial charge >= 0.3 is 5.97 Å². The lowest BCUT2D eigenvalue weighted by Crippen LogP contribution is -2.15. The summed E-state index contributed by atoms with van der Waals surface area (Å²) in [5.41, 5.74) is 5.39. The van der Waals surface area contributed by atoms with Crippen LogP contribution in [0.15, 0.2) is 17.6 Å². The van der Waals surface area contributed by atoms with Crippen molar-refractivity contribution in [3.63, 3.8) is 0 Å². The van der Waals surface area contributed by atoms with Crippen LogP contribution in [-0.2, 0) is 22.5 Å². The Kier molecular flexibility index (Phi) is 7.10. The molecule has 0 fully saturated rings. The number of carbonyl (C=O) groups excluding carboxylic acids is 2. The van der Waals surface area contributed by atoms with Crippen LogP contribution >= 0.6 is 11.3 Å². The molecule has 0 aliphatic heterocycles. The van der Waals surface area contributed by atoms with Gasteiger partial charge in [-0.3, -0.25) is 18.8 Å². The van der Waals surface area contributed by atoms with Crippen LogP contribution in [0.25, 0.3) is 5.13 Å². The van der Waals surface area contributed by atoms with E-state index in [-0.39, 0.29) is 24.8 Å². The van der Waals surface area contributed by atoms with Gasteiger partial charge in [-0.25, -0.2) is 4.98 Å². The van der Waals surface area contributed by atoms with E-state index in [1.807, 2.05) is 48.4 Å². The Hall–Kier alpha value is -2.74. The third-order valence-electron chi connectivity index (χ3n) is 5.35. The van der Waals surface area contributed by atoms with Crippen molar-refractivity contribution in [2.24, 2.45) is 5.92 Å². The summed E-state index contributed by atoms with van der Waals surface area (Å²) < 4.78 is 9.23. The lowest BCUT2D eigenvalue weighted by atomic mass is 10.1. The van der Waals surface area contributed by atoms with E-state index in [9.17, 15) is 9.59 Å². The molecule has 3 aromatic rings. The Balaban J connectivity index is 1.58. The molecule has 7 nitrogen and oxygen atoms in total. The molecule has 0 saturated heterocycles. The highest BCUT2D eigenvalue weighted by Crippen LogP contribution is 2.23. The molecule has 0 atom stereocenters. The van der Waals surface area contributed by atoms with Gasteiger partial charge in [0.25, 0.3) is 0 Å². The second-order valence-corrected chi connectivity index (χ2v) is 9.12. The molecule has 0 bridgehead atoms. The molecule has 8 heteroatoms.